The summed E-state index contributed by atoms with van der Waals surface area (Å²) in [5, 5.41) is 12.6. The number of ether oxygens (including phenoxy) is 3. The molecular formula is C21H27NO5. The van der Waals surface area contributed by atoms with Crippen molar-refractivity contribution in [2.24, 2.45) is 0 Å². The average molecular weight is 373 g/mol. The molecule has 0 aromatic heterocycles. The van der Waals surface area contributed by atoms with Crippen LogP contribution in [0.3, 0.4) is 0 Å². The second-order valence-corrected chi connectivity index (χ2v) is 6.33. The predicted molar refractivity (Wildman–Crippen MR) is 103 cm³/mol. The third-order valence-corrected chi connectivity index (χ3v) is 3.76. The zero-order chi connectivity index (χ0) is 19.6. The topological polar surface area (TPSA) is 77.0 Å². The van der Waals surface area contributed by atoms with E-state index >= 15 is 0 Å². The summed E-state index contributed by atoms with van der Waals surface area (Å²) in [5.74, 6) is 1.50. The van der Waals surface area contributed by atoms with E-state index in [4.69, 9.17) is 14.2 Å². The first-order valence-electron chi connectivity index (χ1n) is 8.96. The molecule has 0 radical (unpaired) electrons. The summed E-state index contributed by atoms with van der Waals surface area (Å²) in [7, 11) is 1.59. The summed E-state index contributed by atoms with van der Waals surface area (Å²) < 4.78 is 16.4. The molecule has 0 saturated heterocycles. The molecule has 0 heterocycles. The number of hydrogen-bond acceptors (Lipinski definition) is 5. The van der Waals surface area contributed by atoms with Gasteiger partial charge in [-0.05, 0) is 50.1 Å². The largest absolute Gasteiger partial charge is 0.493 e. The van der Waals surface area contributed by atoms with Gasteiger partial charge in [0.25, 0.3) is 5.91 Å². The van der Waals surface area contributed by atoms with E-state index in [1.807, 2.05) is 50.2 Å². The maximum atomic E-state index is 12.0. The maximum Gasteiger partial charge on any atom is 0.252 e. The zero-order valence-electron chi connectivity index (χ0n) is 16.0. The fourth-order valence-corrected chi connectivity index (χ4v) is 2.43. The van der Waals surface area contributed by atoms with Gasteiger partial charge in [0.2, 0.25) is 0 Å². The zero-order valence-corrected chi connectivity index (χ0v) is 16.0. The number of nitrogens with one attached hydrogen (secondary N) is 1. The molecule has 2 N–H and O–H groups in total. The van der Waals surface area contributed by atoms with Crippen LogP contribution < -0.4 is 19.5 Å². The first-order valence-corrected chi connectivity index (χ1v) is 8.96. The molecule has 0 aliphatic heterocycles. The second-order valence-electron chi connectivity index (χ2n) is 6.33. The van der Waals surface area contributed by atoms with Crippen molar-refractivity contribution >= 4 is 5.91 Å². The van der Waals surface area contributed by atoms with Gasteiger partial charge >= 0.3 is 0 Å². The summed E-state index contributed by atoms with van der Waals surface area (Å²) >= 11 is 0. The number of carbonyl (C=O) groups excluding carboxylic acids is 1. The van der Waals surface area contributed by atoms with Crippen molar-refractivity contribution in [3.05, 3.63) is 54.1 Å². The Balaban J connectivity index is 1.78. The molecule has 1 amide bonds. The molecule has 146 valence electrons. The van der Waals surface area contributed by atoms with Gasteiger partial charge < -0.3 is 24.6 Å². The Morgan fingerprint density at radius 2 is 1.85 bits per heavy atom. The van der Waals surface area contributed by atoms with Gasteiger partial charge in [-0.1, -0.05) is 24.3 Å². The minimum absolute atomic E-state index is 0.0589. The molecule has 2 aromatic carbocycles. The normalized spacial score (nSPS) is 11.7. The van der Waals surface area contributed by atoms with Crippen LogP contribution in [-0.4, -0.2) is 43.5 Å². The van der Waals surface area contributed by atoms with Gasteiger partial charge in [0.15, 0.2) is 17.6 Å². The Bertz CT molecular complexity index is 718. The standard InChI is InChI=1S/C21H27NO5/c1-15(2)27-19-10-9-16(13-20(19)25-3)11-12-22-21(24)18(23)14-26-17-7-5-4-6-8-17/h4-10,13,15,18,23H,11-12,14H2,1-3H3,(H,22,24)/t18-/m1/s1. The third kappa shape index (κ3) is 6.83. The van der Waals surface area contributed by atoms with Gasteiger partial charge in [0, 0.05) is 6.54 Å². The Morgan fingerprint density at radius 3 is 2.52 bits per heavy atom. The minimum atomic E-state index is -1.22. The fraction of sp³-hybridized carbons (Fsp3) is 0.381. The molecule has 2 aromatic rings. The van der Waals surface area contributed by atoms with Crippen molar-refractivity contribution < 1.29 is 24.1 Å². The highest BCUT2D eigenvalue weighted by atomic mass is 16.5. The van der Waals surface area contributed by atoms with Crippen LogP contribution in [0.2, 0.25) is 0 Å². The first-order chi connectivity index (χ1) is 13.0. The summed E-state index contributed by atoms with van der Waals surface area (Å²) in [5.41, 5.74) is 0.998. The van der Waals surface area contributed by atoms with Gasteiger partial charge in [-0.25, -0.2) is 0 Å². The Kier molecular flexibility index (Phi) is 7.95. The van der Waals surface area contributed by atoms with Crippen LogP contribution in [-0.2, 0) is 11.2 Å². The molecule has 0 aliphatic carbocycles. The summed E-state index contributed by atoms with van der Waals surface area (Å²) in [6.07, 6.45) is -0.554. The van der Waals surface area contributed by atoms with E-state index in [0.717, 1.165) is 5.56 Å². The van der Waals surface area contributed by atoms with Crippen LogP contribution in [0.25, 0.3) is 0 Å². The quantitative estimate of drug-likeness (QED) is 0.669. The van der Waals surface area contributed by atoms with Crippen LogP contribution in [0.4, 0.5) is 0 Å². The predicted octanol–water partition coefficient (Wildman–Crippen LogP) is 2.58. The van der Waals surface area contributed by atoms with Gasteiger partial charge in [-0.2, -0.15) is 0 Å². The number of carbonyl (C=O) groups is 1. The fourth-order valence-electron chi connectivity index (χ4n) is 2.43. The third-order valence-electron chi connectivity index (χ3n) is 3.76. The highest BCUT2D eigenvalue weighted by molar-refractivity contribution is 5.80. The monoisotopic (exact) mass is 373 g/mol. The molecule has 0 saturated carbocycles. The lowest BCUT2D eigenvalue weighted by atomic mass is 10.1. The maximum absolute atomic E-state index is 12.0. The lowest BCUT2D eigenvalue weighted by Crippen LogP contribution is -2.39. The number of methoxy groups -OCH3 is 1. The smallest absolute Gasteiger partial charge is 0.252 e. The molecule has 2 rings (SSSR count). The van der Waals surface area contributed by atoms with Crippen molar-refractivity contribution in [1.82, 2.24) is 5.32 Å². The Labute approximate surface area is 160 Å². The second kappa shape index (κ2) is 10.4. The van der Waals surface area contributed by atoms with Crippen molar-refractivity contribution in [2.45, 2.75) is 32.5 Å². The first kappa shape index (κ1) is 20.6. The van der Waals surface area contributed by atoms with Crippen molar-refractivity contribution in [1.29, 1.82) is 0 Å². The van der Waals surface area contributed by atoms with Crippen LogP contribution in [0, 0.1) is 0 Å². The van der Waals surface area contributed by atoms with Crippen LogP contribution >= 0.6 is 0 Å². The molecule has 0 spiro atoms. The molecule has 1 atom stereocenters. The van der Waals surface area contributed by atoms with E-state index in [-0.39, 0.29) is 12.7 Å². The highest BCUT2D eigenvalue weighted by Crippen LogP contribution is 2.29. The number of hydrogen-bond donors (Lipinski definition) is 2. The Morgan fingerprint density at radius 1 is 1.11 bits per heavy atom. The van der Waals surface area contributed by atoms with Crippen LogP contribution in [0.1, 0.15) is 19.4 Å². The van der Waals surface area contributed by atoms with Crippen LogP contribution in [0.15, 0.2) is 48.5 Å². The molecular weight excluding hydrogens is 346 g/mol. The van der Waals surface area contributed by atoms with Crippen LogP contribution in [0.5, 0.6) is 17.2 Å². The molecule has 0 bridgehead atoms. The SMILES string of the molecule is COc1cc(CCNC(=O)[C@H](O)COc2ccccc2)ccc1OC(C)C. The van der Waals surface area contributed by atoms with E-state index in [1.54, 1.807) is 19.2 Å². The van der Waals surface area contributed by atoms with Gasteiger partial charge in [-0.15, -0.1) is 0 Å². The molecule has 27 heavy (non-hydrogen) atoms. The number of benzene rings is 2. The molecule has 0 aliphatic rings. The molecule has 6 nitrogen and oxygen atoms in total. The summed E-state index contributed by atoms with van der Waals surface area (Å²) in [6.45, 7) is 4.21. The van der Waals surface area contributed by atoms with Crippen molar-refractivity contribution in [2.75, 3.05) is 20.3 Å². The van der Waals surface area contributed by atoms with Gasteiger partial charge in [-0.3, -0.25) is 4.79 Å². The van der Waals surface area contributed by atoms with Crippen molar-refractivity contribution in [3.63, 3.8) is 0 Å². The van der Waals surface area contributed by atoms with E-state index in [1.165, 1.54) is 0 Å². The van der Waals surface area contributed by atoms with E-state index < -0.39 is 12.0 Å². The Hall–Kier alpha value is -2.73. The lowest BCUT2D eigenvalue weighted by molar-refractivity contribution is -0.130. The van der Waals surface area contributed by atoms with E-state index in [0.29, 0.717) is 30.2 Å². The molecule has 0 fully saturated rings. The number of aliphatic hydroxyl groups excluding tert-OH is 1. The average Bonchev–Trinajstić information content (AvgIpc) is 2.67. The number of para-hydroxylation sites is 1. The molecule has 0 unspecified atom stereocenters. The van der Waals surface area contributed by atoms with Gasteiger partial charge in [0.05, 0.1) is 13.2 Å². The summed E-state index contributed by atoms with van der Waals surface area (Å²) in [4.78, 5) is 12.0. The molecule has 6 heteroatoms. The number of rotatable bonds is 10. The van der Waals surface area contributed by atoms with E-state index in [9.17, 15) is 9.90 Å². The van der Waals surface area contributed by atoms with Crippen molar-refractivity contribution in [3.8, 4) is 17.2 Å². The number of aliphatic hydroxyl groups is 1. The number of amides is 1. The minimum Gasteiger partial charge on any atom is -0.493 e. The highest BCUT2D eigenvalue weighted by Gasteiger charge is 2.15. The van der Waals surface area contributed by atoms with E-state index in [2.05, 4.69) is 5.32 Å². The van der Waals surface area contributed by atoms with Gasteiger partial charge in [0.1, 0.15) is 12.4 Å². The lowest BCUT2D eigenvalue weighted by Gasteiger charge is -2.15. The summed E-state index contributed by atoms with van der Waals surface area (Å²) in [6, 6.07) is 14.7.